The molecule has 1 amide bonds. The lowest BCUT2D eigenvalue weighted by Crippen LogP contribution is -2.24. The maximum Gasteiger partial charge on any atom is 0.345 e. The summed E-state index contributed by atoms with van der Waals surface area (Å²) in [6.45, 7) is -0.224. The quantitative estimate of drug-likeness (QED) is 0.248. The van der Waals surface area contributed by atoms with E-state index in [2.05, 4.69) is 10.5 Å². The Balaban J connectivity index is 1.48. The monoisotopic (exact) mass is 442 g/mol. The molecule has 0 aliphatic heterocycles. The molecule has 3 aromatic carbocycles. The van der Waals surface area contributed by atoms with E-state index in [-0.39, 0.29) is 12.2 Å². The highest BCUT2D eigenvalue weighted by Gasteiger charge is 2.12. The molecule has 0 aliphatic carbocycles. The fraction of sp³-hybridized carbons (Fsp3) is 0.0455. The second-order valence-corrected chi connectivity index (χ2v) is 6.77. The fourth-order valence-corrected chi connectivity index (χ4v) is 2.73. The second-order valence-electron chi connectivity index (χ2n) is 5.95. The van der Waals surface area contributed by atoms with Crippen molar-refractivity contribution in [3.8, 4) is 11.5 Å². The summed E-state index contributed by atoms with van der Waals surface area (Å²) in [5, 5.41) is 4.60. The van der Waals surface area contributed by atoms with E-state index in [0.29, 0.717) is 27.1 Å². The molecule has 0 unspecified atom stereocenters. The summed E-state index contributed by atoms with van der Waals surface area (Å²) in [5.41, 5.74) is 3.34. The van der Waals surface area contributed by atoms with Crippen LogP contribution < -0.4 is 14.9 Å². The number of amides is 1. The number of hydrogen-bond donors (Lipinski definition) is 1. The summed E-state index contributed by atoms with van der Waals surface area (Å²) >= 11 is 11.9. The van der Waals surface area contributed by atoms with Crippen molar-refractivity contribution < 1.29 is 19.1 Å². The number of halogens is 2. The summed E-state index contributed by atoms with van der Waals surface area (Å²) < 4.78 is 10.6. The van der Waals surface area contributed by atoms with Crippen LogP contribution in [-0.4, -0.2) is 24.7 Å². The van der Waals surface area contributed by atoms with E-state index >= 15 is 0 Å². The van der Waals surface area contributed by atoms with Crippen molar-refractivity contribution in [2.24, 2.45) is 5.10 Å². The maximum absolute atomic E-state index is 12.2. The lowest BCUT2D eigenvalue weighted by atomic mass is 10.2. The van der Waals surface area contributed by atoms with Gasteiger partial charge in [-0.3, -0.25) is 4.79 Å². The van der Waals surface area contributed by atoms with Crippen LogP contribution in [0.1, 0.15) is 15.9 Å². The van der Waals surface area contributed by atoms with Gasteiger partial charge in [0.05, 0.1) is 21.8 Å². The predicted octanol–water partition coefficient (Wildman–Crippen LogP) is 4.74. The SMILES string of the molecule is O=C(COc1ccccc1Cl)N/N=C\c1ccc(OC(=O)c2ccccc2Cl)cc1. The van der Waals surface area contributed by atoms with Crippen LogP contribution in [0.4, 0.5) is 0 Å². The molecular weight excluding hydrogens is 427 g/mol. The molecule has 152 valence electrons. The zero-order valence-corrected chi connectivity index (χ0v) is 17.1. The Bertz CT molecular complexity index is 1070. The molecule has 0 aliphatic rings. The highest BCUT2D eigenvalue weighted by atomic mass is 35.5. The Labute approximate surface area is 183 Å². The first-order valence-corrected chi connectivity index (χ1v) is 9.54. The molecular formula is C22H16Cl2N2O4. The average Bonchev–Trinajstić information content (AvgIpc) is 2.74. The summed E-state index contributed by atoms with van der Waals surface area (Å²) in [4.78, 5) is 23.9. The minimum atomic E-state index is -0.548. The first kappa shape index (κ1) is 21.4. The van der Waals surface area contributed by atoms with Crippen LogP contribution in [0, 0.1) is 0 Å². The summed E-state index contributed by atoms with van der Waals surface area (Å²) in [6, 6.07) is 20.1. The van der Waals surface area contributed by atoms with Crippen LogP contribution in [0.5, 0.6) is 11.5 Å². The van der Waals surface area contributed by atoms with Gasteiger partial charge in [-0.05, 0) is 54.1 Å². The predicted molar refractivity (Wildman–Crippen MR) is 116 cm³/mol. The minimum Gasteiger partial charge on any atom is -0.482 e. The van der Waals surface area contributed by atoms with E-state index in [0.717, 1.165) is 0 Å². The lowest BCUT2D eigenvalue weighted by Gasteiger charge is -2.06. The Hall–Kier alpha value is -3.35. The molecule has 0 heterocycles. The molecule has 3 aromatic rings. The van der Waals surface area contributed by atoms with E-state index in [1.165, 1.54) is 6.21 Å². The Morgan fingerprint density at radius 1 is 0.900 bits per heavy atom. The topological polar surface area (TPSA) is 77.0 Å². The van der Waals surface area contributed by atoms with Gasteiger partial charge in [0.2, 0.25) is 0 Å². The molecule has 0 atom stereocenters. The van der Waals surface area contributed by atoms with Gasteiger partial charge in [-0.15, -0.1) is 0 Å². The maximum atomic E-state index is 12.2. The minimum absolute atomic E-state index is 0.224. The third kappa shape index (κ3) is 6.07. The van der Waals surface area contributed by atoms with Crippen molar-refractivity contribution in [2.45, 2.75) is 0 Å². The molecule has 30 heavy (non-hydrogen) atoms. The van der Waals surface area contributed by atoms with Crippen molar-refractivity contribution in [1.29, 1.82) is 0 Å². The standard InChI is InChI=1S/C22H16Cl2N2O4/c23-18-6-2-1-5-17(18)22(28)30-16-11-9-15(10-12-16)13-25-26-21(27)14-29-20-8-4-3-7-19(20)24/h1-13H,14H2,(H,26,27)/b25-13-. The number of para-hydroxylation sites is 1. The van der Waals surface area contributed by atoms with Crippen LogP contribution >= 0.6 is 23.2 Å². The largest absolute Gasteiger partial charge is 0.482 e. The molecule has 0 aromatic heterocycles. The van der Waals surface area contributed by atoms with Crippen LogP contribution in [0.15, 0.2) is 77.9 Å². The van der Waals surface area contributed by atoms with E-state index in [1.54, 1.807) is 72.8 Å². The van der Waals surface area contributed by atoms with Gasteiger partial charge < -0.3 is 9.47 Å². The first-order valence-electron chi connectivity index (χ1n) is 8.79. The van der Waals surface area contributed by atoms with E-state index in [1.807, 2.05) is 0 Å². The number of nitrogens with zero attached hydrogens (tertiary/aromatic N) is 1. The Morgan fingerprint density at radius 2 is 1.57 bits per heavy atom. The number of benzene rings is 3. The van der Waals surface area contributed by atoms with Crippen molar-refractivity contribution in [3.05, 3.63) is 94.0 Å². The zero-order valence-electron chi connectivity index (χ0n) is 15.5. The highest BCUT2D eigenvalue weighted by Crippen LogP contribution is 2.22. The highest BCUT2D eigenvalue weighted by molar-refractivity contribution is 6.33. The first-order chi connectivity index (χ1) is 14.5. The van der Waals surface area contributed by atoms with Crippen LogP contribution in [-0.2, 0) is 4.79 Å². The zero-order chi connectivity index (χ0) is 21.3. The van der Waals surface area contributed by atoms with Crippen LogP contribution in [0.2, 0.25) is 10.0 Å². The fourth-order valence-electron chi connectivity index (χ4n) is 2.33. The van der Waals surface area contributed by atoms with Gasteiger partial charge in [0, 0.05) is 0 Å². The van der Waals surface area contributed by atoms with Gasteiger partial charge in [-0.2, -0.15) is 5.10 Å². The Kier molecular flexibility index (Phi) is 7.43. The molecule has 0 spiro atoms. The molecule has 0 radical (unpaired) electrons. The summed E-state index contributed by atoms with van der Waals surface area (Å²) in [7, 11) is 0. The molecule has 0 fully saturated rings. The van der Waals surface area contributed by atoms with Crippen molar-refractivity contribution in [2.75, 3.05) is 6.61 Å². The van der Waals surface area contributed by atoms with Gasteiger partial charge >= 0.3 is 5.97 Å². The van der Waals surface area contributed by atoms with E-state index < -0.39 is 11.9 Å². The number of hydrogen-bond acceptors (Lipinski definition) is 5. The van der Waals surface area contributed by atoms with Gasteiger partial charge in [-0.25, -0.2) is 10.2 Å². The molecule has 3 rings (SSSR count). The second kappa shape index (κ2) is 10.4. The molecule has 0 bridgehead atoms. The van der Waals surface area contributed by atoms with E-state index in [9.17, 15) is 9.59 Å². The van der Waals surface area contributed by atoms with Crippen LogP contribution in [0.3, 0.4) is 0 Å². The number of rotatable bonds is 7. The third-order valence-corrected chi connectivity index (χ3v) is 4.42. The Morgan fingerprint density at radius 3 is 2.27 bits per heavy atom. The average molecular weight is 443 g/mol. The molecule has 0 saturated heterocycles. The smallest absolute Gasteiger partial charge is 0.345 e. The third-order valence-electron chi connectivity index (χ3n) is 3.78. The number of esters is 1. The van der Waals surface area contributed by atoms with Crippen molar-refractivity contribution in [3.63, 3.8) is 0 Å². The number of carbonyl (C=O) groups excluding carboxylic acids is 2. The number of nitrogens with one attached hydrogen (secondary N) is 1. The molecule has 8 heteroatoms. The van der Waals surface area contributed by atoms with Gasteiger partial charge in [0.1, 0.15) is 11.5 Å². The van der Waals surface area contributed by atoms with Crippen molar-refractivity contribution in [1.82, 2.24) is 5.43 Å². The number of hydrazone groups is 1. The molecule has 6 nitrogen and oxygen atoms in total. The number of ether oxygens (including phenoxy) is 2. The summed E-state index contributed by atoms with van der Waals surface area (Å²) in [5.74, 6) is -0.210. The van der Waals surface area contributed by atoms with E-state index in [4.69, 9.17) is 32.7 Å². The normalized spacial score (nSPS) is 10.6. The van der Waals surface area contributed by atoms with Gasteiger partial charge in [0.15, 0.2) is 6.61 Å². The number of carbonyl (C=O) groups is 2. The lowest BCUT2D eigenvalue weighted by molar-refractivity contribution is -0.123. The van der Waals surface area contributed by atoms with Crippen LogP contribution in [0.25, 0.3) is 0 Å². The molecule has 1 N–H and O–H groups in total. The van der Waals surface area contributed by atoms with Crippen molar-refractivity contribution >= 4 is 41.3 Å². The van der Waals surface area contributed by atoms with Gasteiger partial charge in [-0.1, -0.05) is 47.5 Å². The molecule has 0 saturated carbocycles. The van der Waals surface area contributed by atoms with Gasteiger partial charge in [0.25, 0.3) is 5.91 Å². The summed E-state index contributed by atoms with van der Waals surface area (Å²) in [6.07, 6.45) is 1.45.